The van der Waals surface area contributed by atoms with Crippen LogP contribution in [0.2, 0.25) is 5.02 Å². The largest absolute Gasteiger partial charge is 0.416 e. The van der Waals surface area contributed by atoms with Crippen LogP contribution in [-0.4, -0.2) is 5.11 Å². The van der Waals surface area contributed by atoms with Crippen molar-refractivity contribution in [1.82, 2.24) is 0 Å². The van der Waals surface area contributed by atoms with E-state index >= 15 is 0 Å². The first-order valence-electron chi connectivity index (χ1n) is 5.70. The first kappa shape index (κ1) is 15.7. The Balaban J connectivity index is 2.45. The molecule has 112 valence electrons. The van der Waals surface area contributed by atoms with E-state index in [4.69, 9.17) is 11.6 Å². The first-order chi connectivity index (χ1) is 9.70. The fraction of sp³-hybridized carbons (Fsp3) is 0.143. The van der Waals surface area contributed by atoms with E-state index < -0.39 is 29.5 Å². The Labute approximate surface area is 121 Å². The predicted molar refractivity (Wildman–Crippen MR) is 66.9 cm³/mol. The molecule has 0 saturated carbocycles. The van der Waals surface area contributed by atoms with Crippen LogP contribution in [0.1, 0.15) is 22.8 Å². The van der Waals surface area contributed by atoms with Gasteiger partial charge in [-0.3, -0.25) is 0 Å². The lowest BCUT2D eigenvalue weighted by Gasteiger charge is -2.15. The Morgan fingerprint density at radius 2 is 1.62 bits per heavy atom. The number of aliphatic hydroxyl groups excluding tert-OH is 1. The van der Waals surface area contributed by atoms with Crippen molar-refractivity contribution in [2.24, 2.45) is 0 Å². The SMILES string of the molecule is OC(c1cccc(C(F)(F)F)c1)c1cc(F)c(F)cc1Cl. The molecule has 0 aliphatic carbocycles. The van der Waals surface area contributed by atoms with E-state index in [0.29, 0.717) is 12.1 Å². The third-order valence-corrected chi connectivity index (χ3v) is 3.19. The van der Waals surface area contributed by atoms with E-state index in [1.807, 2.05) is 0 Å². The fourth-order valence-electron chi connectivity index (χ4n) is 1.81. The van der Waals surface area contributed by atoms with Crippen LogP contribution in [0.4, 0.5) is 22.0 Å². The summed E-state index contributed by atoms with van der Waals surface area (Å²) in [4.78, 5) is 0. The van der Waals surface area contributed by atoms with E-state index in [2.05, 4.69) is 0 Å². The molecule has 2 rings (SSSR count). The van der Waals surface area contributed by atoms with Crippen molar-refractivity contribution in [3.05, 3.63) is 69.7 Å². The highest BCUT2D eigenvalue weighted by Gasteiger charge is 2.31. The molecular weight excluding hydrogens is 315 g/mol. The minimum Gasteiger partial charge on any atom is -0.384 e. The maximum atomic E-state index is 13.2. The smallest absolute Gasteiger partial charge is 0.384 e. The Morgan fingerprint density at radius 3 is 2.24 bits per heavy atom. The van der Waals surface area contributed by atoms with Gasteiger partial charge < -0.3 is 5.11 Å². The molecule has 7 heteroatoms. The predicted octanol–water partition coefficient (Wildman–Crippen LogP) is 4.72. The topological polar surface area (TPSA) is 20.2 Å². The summed E-state index contributed by atoms with van der Waals surface area (Å²) in [5.41, 5.74) is -1.30. The first-order valence-corrected chi connectivity index (χ1v) is 6.07. The molecule has 21 heavy (non-hydrogen) atoms. The van der Waals surface area contributed by atoms with Gasteiger partial charge >= 0.3 is 6.18 Å². The molecule has 0 heterocycles. The zero-order valence-corrected chi connectivity index (χ0v) is 11.0. The van der Waals surface area contributed by atoms with E-state index in [-0.39, 0.29) is 16.1 Å². The summed E-state index contributed by atoms with van der Waals surface area (Å²) < 4.78 is 64.0. The van der Waals surface area contributed by atoms with Crippen LogP contribution >= 0.6 is 11.6 Å². The average Bonchev–Trinajstić information content (AvgIpc) is 2.41. The second kappa shape index (κ2) is 5.61. The fourth-order valence-corrected chi connectivity index (χ4v) is 2.07. The van der Waals surface area contributed by atoms with E-state index in [9.17, 15) is 27.1 Å². The zero-order chi connectivity index (χ0) is 15.8. The number of aliphatic hydroxyl groups is 1. The van der Waals surface area contributed by atoms with Crippen LogP contribution in [0.5, 0.6) is 0 Å². The van der Waals surface area contributed by atoms with E-state index in [1.54, 1.807) is 0 Å². The molecule has 0 bridgehead atoms. The van der Waals surface area contributed by atoms with Crippen molar-refractivity contribution in [3.8, 4) is 0 Å². The van der Waals surface area contributed by atoms with Crippen LogP contribution in [0.25, 0.3) is 0 Å². The third-order valence-electron chi connectivity index (χ3n) is 2.86. The average molecular weight is 323 g/mol. The Bertz CT molecular complexity index is 669. The molecule has 2 aromatic carbocycles. The number of hydrogen-bond acceptors (Lipinski definition) is 1. The van der Waals surface area contributed by atoms with Crippen molar-refractivity contribution >= 4 is 11.6 Å². The van der Waals surface area contributed by atoms with Gasteiger partial charge in [0.15, 0.2) is 11.6 Å². The minimum absolute atomic E-state index is 0.127. The summed E-state index contributed by atoms with van der Waals surface area (Å²) in [5.74, 6) is -2.46. The molecule has 0 radical (unpaired) electrons. The van der Waals surface area contributed by atoms with Gasteiger partial charge in [0.05, 0.1) is 5.56 Å². The van der Waals surface area contributed by atoms with Gasteiger partial charge in [-0.15, -0.1) is 0 Å². The monoisotopic (exact) mass is 322 g/mol. The molecule has 0 saturated heterocycles. The molecule has 0 amide bonds. The van der Waals surface area contributed by atoms with Crippen LogP contribution in [0, 0.1) is 11.6 Å². The summed E-state index contributed by atoms with van der Waals surface area (Å²) in [5, 5.41) is 9.76. The maximum Gasteiger partial charge on any atom is 0.416 e. The minimum atomic E-state index is -4.58. The summed E-state index contributed by atoms with van der Waals surface area (Å²) in [7, 11) is 0. The van der Waals surface area contributed by atoms with E-state index in [1.165, 1.54) is 6.07 Å². The van der Waals surface area contributed by atoms with Gasteiger partial charge in [0.1, 0.15) is 6.10 Å². The number of rotatable bonds is 2. The molecule has 1 atom stereocenters. The lowest BCUT2D eigenvalue weighted by atomic mass is 9.99. The molecule has 1 unspecified atom stereocenters. The summed E-state index contributed by atoms with van der Waals surface area (Å²) >= 11 is 5.69. The van der Waals surface area contributed by atoms with Crippen molar-refractivity contribution in [1.29, 1.82) is 0 Å². The van der Waals surface area contributed by atoms with Crippen LogP contribution in [0.3, 0.4) is 0 Å². The van der Waals surface area contributed by atoms with Gasteiger partial charge in [0.2, 0.25) is 0 Å². The van der Waals surface area contributed by atoms with Crippen molar-refractivity contribution in [2.75, 3.05) is 0 Å². The maximum absolute atomic E-state index is 13.2. The van der Waals surface area contributed by atoms with E-state index in [0.717, 1.165) is 18.2 Å². The van der Waals surface area contributed by atoms with Crippen LogP contribution < -0.4 is 0 Å². The summed E-state index contributed by atoms with van der Waals surface area (Å²) in [6, 6.07) is 5.21. The highest BCUT2D eigenvalue weighted by Crippen LogP contribution is 2.34. The van der Waals surface area contributed by atoms with Gasteiger partial charge in [-0.05, 0) is 29.8 Å². The number of halogens is 6. The van der Waals surface area contributed by atoms with Crippen LogP contribution in [-0.2, 0) is 6.18 Å². The molecule has 0 spiro atoms. The molecule has 1 nitrogen and oxygen atoms in total. The Hall–Kier alpha value is -1.66. The van der Waals surface area contributed by atoms with Crippen LogP contribution in [0.15, 0.2) is 36.4 Å². The van der Waals surface area contributed by atoms with Gasteiger partial charge in [-0.1, -0.05) is 23.7 Å². The number of hydrogen-bond donors (Lipinski definition) is 1. The Kier molecular flexibility index (Phi) is 4.20. The molecule has 2 aromatic rings. The molecule has 0 aliphatic rings. The standard InChI is InChI=1S/C14H8ClF5O/c15-10-6-12(17)11(16)5-9(10)13(21)7-2-1-3-8(4-7)14(18,19)20/h1-6,13,21H. The molecular formula is C14H8ClF5O. The lowest BCUT2D eigenvalue weighted by Crippen LogP contribution is -2.08. The summed E-state index contributed by atoms with van der Waals surface area (Å²) in [6.45, 7) is 0. The second-order valence-electron chi connectivity index (χ2n) is 4.31. The molecule has 1 N–H and O–H groups in total. The van der Waals surface area contributed by atoms with Crippen molar-refractivity contribution < 1.29 is 27.1 Å². The van der Waals surface area contributed by atoms with Gasteiger partial charge in [-0.25, -0.2) is 8.78 Å². The normalized spacial score (nSPS) is 13.3. The zero-order valence-electron chi connectivity index (χ0n) is 10.3. The van der Waals surface area contributed by atoms with Crippen molar-refractivity contribution in [3.63, 3.8) is 0 Å². The lowest BCUT2D eigenvalue weighted by molar-refractivity contribution is -0.137. The number of benzene rings is 2. The molecule has 0 fully saturated rings. The quantitative estimate of drug-likeness (QED) is 0.626. The third kappa shape index (κ3) is 3.33. The van der Waals surface area contributed by atoms with Gasteiger partial charge in [0, 0.05) is 10.6 Å². The van der Waals surface area contributed by atoms with Gasteiger partial charge in [-0.2, -0.15) is 13.2 Å². The summed E-state index contributed by atoms with van der Waals surface area (Å²) in [6.07, 6.45) is -6.18. The highest BCUT2D eigenvalue weighted by atomic mass is 35.5. The number of alkyl halides is 3. The Morgan fingerprint density at radius 1 is 1.00 bits per heavy atom. The van der Waals surface area contributed by atoms with Gasteiger partial charge in [0.25, 0.3) is 0 Å². The second-order valence-corrected chi connectivity index (χ2v) is 4.72. The highest BCUT2D eigenvalue weighted by molar-refractivity contribution is 6.31. The van der Waals surface area contributed by atoms with Crippen molar-refractivity contribution in [2.45, 2.75) is 12.3 Å². The molecule has 0 aliphatic heterocycles. The molecule has 0 aromatic heterocycles.